The first-order chi connectivity index (χ1) is 10.8. The summed E-state index contributed by atoms with van der Waals surface area (Å²) in [6.45, 7) is 1.29. The smallest absolute Gasteiger partial charge is 0.118 e. The standard InChI is InChI=1S/C18H19NO2S/c1-21-15-8-6-13(7-9-15)17(20)11-19-10-14-12-22-18-5-3-2-4-16(14)18/h2-9,12,17,19-20H,10-11H2,1H3. The summed E-state index contributed by atoms with van der Waals surface area (Å²) in [4.78, 5) is 0. The fourth-order valence-electron chi connectivity index (χ4n) is 2.46. The van der Waals surface area contributed by atoms with Crippen LogP contribution in [0.5, 0.6) is 5.75 Å². The largest absolute Gasteiger partial charge is 0.497 e. The van der Waals surface area contributed by atoms with Crippen molar-refractivity contribution >= 4 is 21.4 Å². The Bertz CT molecular complexity index is 736. The van der Waals surface area contributed by atoms with E-state index in [1.807, 2.05) is 24.3 Å². The van der Waals surface area contributed by atoms with Gasteiger partial charge in [-0.3, -0.25) is 0 Å². The molecule has 1 atom stereocenters. The Balaban J connectivity index is 1.58. The summed E-state index contributed by atoms with van der Waals surface area (Å²) in [5, 5.41) is 17.0. The average molecular weight is 313 g/mol. The third-order valence-electron chi connectivity index (χ3n) is 3.71. The van der Waals surface area contributed by atoms with Crippen LogP contribution >= 0.6 is 11.3 Å². The van der Waals surface area contributed by atoms with Gasteiger partial charge in [0.15, 0.2) is 0 Å². The lowest BCUT2D eigenvalue weighted by Gasteiger charge is -2.12. The van der Waals surface area contributed by atoms with Crippen LogP contribution in [0.2, 0.25) is 0 Å². The summed E-state index contributed by atoms with van der Waals surface area (Å²) >= 11 is 1.76. The second-order valence-corrected chi connectivity index (χ2v) is 6.09. The molecule has 22 heavy (non-hydrogen) atoms. The normalized spacial score (nSPS) is 12.5. The molecular formula is C18H19NO2S. The van der Waals surface area contributed by atoms with Crippen molar-refractivity contribution in [3.63, 3.8) is 0 Å². The lowest BCUT2D eigenvalue weighted by Crippen LogP contribution is -2.20. The van der Waals surface area contributed by atoms with E-state index in [4.69, 9.17) is 4.74 Å². The number of methoxy groups -OCH3 is 1. The van der Waals surface area contributed by atoms with E-state index in [0.29, 0.717) is 6.54 Å². The lowest BCUT2D eigenvalue weighted by atomic mass is 10.1. The fourth-order valence-corrected chi connectivity index (χ4v) is 3.42. The maximum absolute atomic E-state index is 10.2. The van der Waals surface area contributed by atoms with Crippen LogP contribution in [0, 0.1) is 0 Å². The molecule has 0 saturated heterocycles. The third kappa shape index (κ3) is 3.30. The maximum atomic E-state index is 10.2. The number of ether oxygens (including phenoxy) is 1. The van der Waals surface area contributed by atoms with Gasteiger partial charge in [-0.1, -0.05) is 30.3 Å². The number of nitrogens with one attached hydrogen (secondary N) is 1. The summed E-state index contributed by atoms with van der Waals surface area (Å²) in [5.41, 5.74) is 2.17. The zero-order valence-corrected chi connectivity index (χ0v) is 13.3. The van der Waals surface area contributed by atoms with E-state index in [2.05, 4.69) is 35.0 Å². The molecule has 1 aromatic heterocycles. The summed E-state index contributed by atoms with van der Waals surface area (Å²) in [5.74, 6) is 0.800. The monoisotopic (exact) mass is 313 g/mol. The van der Waals surface area contributed by atoms with Crippen molar-refractivity contribution in [2.45, 2.75) is 12.6 Å². The predicted molar refractivity (Wildman–Crippen MR) is 91.5 cm³/mol. The van der Waals surface area contributed by atoms with Crippen LogP contribution in [0.4, 0.5) is 0 Å². The van der Waals surface area contributed by atoms with E-state index >= 15 is 0 Å². The molecule has 4 heteroatoms. The molecule has 2 N–H and O–H groups in total. The Hall–Kier alpha value is -1.88. The number of hydrogen-bond donors (Lipinski definition) is 2. The first-order valence-electron chi connectivity index (χ1n) is 7.26. The van der Waals surface area contributed by atoms with Crippen molar-refractivity contribution in [1.29, 1.82) is 0 Å². The molecule has 0 radical (unpaired) electrons. The summed E-state index contributed by atoms with van der Waals surface area (Å²) in [7, 11) is 1.64. The summed E-state index contributed by atoms with van der Waals surface area (Å²) < 4.78 is 6.42. The topological polar surface area (TPSA) is 41.5 Å². The van der Waals surface area contributed by atoms with Crippen LogP contribution in [0.15, 0.2) is 53.9 Å². The number of aliphatic hydroxyl groups excluding tert-OH is 1. The van der Waals surface area contributed by atoms with Gasteiger partial charge in [-0.05, 0) is 40.1 Å². The second kappa shape index (κ2) is 6.92. The minimum atomic E-state index is -0.518. The third-order valence-corrected chi connectivity index (χ3v) is 4.73. The van der Waals surface area contributed by atoms with E-state index in [9.17, 15) is 5.11 Å². The number of fused-ring (bicyclic) bond motifs is 1. The quantitative estimate of drug-likeness (QED) is 0.728. The molecule has 114 valence electrons. The van der Waals surface area contributed by atoms with Crippen molar-refractivity contribution in [2.75, 3.05) is 13.7 Å². The molecule has 0 aliphatic carbocycles. The SMILES string of the molecule is COc1ccc(C(O)CNCc2csc3ccccc23)cc1. The molecule has 3 nitrogen and oxygen atoms in total. The molecule has 0 amide bonds. The van der Waals surface area contributed by atoms with Crippen molar-refractivity contribution in [3.05, 3.63) is 65.0 Å². The molecule has 0 aliphatic heterocycles. The highest BCUT2D eigenvalue weighted by Gasteiger charge is 2.08. The Kier molecular flexibility index (Phi) is 4.73. The van der Waals surface area contributed by atoms with E-state index < -0.39 is 6.10 Å². The van der Waals surface area contributed by atoms with Crippen molar-refractivity contribution in [2.24, 2.45) is 0 Å². The number of rotatable bonds is 6. The molecular weight excluding hydrogens is 294 g/mol. The van der Waals surface area contributed by atoms with Gasteiger partial charge in [0, 0.05) is 17.8 Å². The van der Waals surface area contributed by atoms with Crippen LogP contribution < -0.4 is 10.1 Å². The van der Waals surface area contributed by atoms with Crippen LogP contribution in [0.25, 0.3) is 10.1 Å². The molecule has 0 aliphatic rings. The van der Waals surface area contributed by atoms with Crippen LogP contribution in [-0.2, 0) is 6.54 Å². The molecule has 2 aromatic carbocycles. The zero-order valence-electron chi connectivity index (χ0n) is 12.5. The minimum Gasteiger partial charge on any atom is -0.497 e. The number of aliphatic hydroxyl groups is 1. The highest BCUT2D eigenvalue weighted by Crippen LogP contribution is 2.25. The van der Waals surface area contributed by atoms with Gasteiger partial charge in [-0.15, -0.1) is 11.3 Å². The lowest BCUT2D eigenvalue weighted by molar-refractivity contribution is 0.174. The Morgan fingerprint density at radius 2 is 1.91 bits per heavy atom. The van der Waals surface area contributed by atoms with Crippen molar-refractivity contribution in [3.8, 4) is 5.75 Å². The first kappa shape index (κ1) is 15.0. The van der Waals surface area contributed by atoms with Crippen molar-refractivity contribution in [1.82, 2.24) is 5.32 Å². The second-order valence-electron chi connectivity index (χ2n) is 5.18. The van der Waals surface area contributed by atoms with Gasteiger partial charge in [-0.25, -0.2) is 0 Å². The first-order valence-corrected chi connectivity index (χ1v) is 8.14. The van der Waals surface area contributed by atoms with Gasteiger partial charge in [0.25, 0.3) is 0 Å². The van der Waals surface area contributed by atoms with Crippen molar-refractivity contribution < 1.29 is 9.84 Å². The highest BCUT2D eigenvalue weighted by atomic mass is 32.1. The van der Waals surface area contributed by atoms with Gasteiger partial charge in [0.2, 0.25) is 0 Å². The number of benzene rings is 2. The molecule has 0 saturated carbocycles. The molecule has 3 rings (SSSR count). The van der Waals surface area contributed by atoms with Gasteiger partial charge >= 0.3 is 0 Å². The van der Waals surface area contributed by atoms with Gasteiger partial charge in [0.05, 0.1) is 13.2 Å². The molecule has 0 spiro atoms. The highest BCUT2D eigenvalue weighted by molar-refractivity contribution is 7.17. The minimum absolute atomic E-state index is 0.518. The summed E-state index contributed by atoms with van der Waals surface area (Å²) in [6, 6.07) is 15.9. The van der Waals surface area contributed by atoms with E-state index in [-0.39, 0.29) is 0 Å². The molecule has 1 heterocycles. The van der Waals surface area contributed by atoms with Gasteiger partial charge < -0.3 is 15.2 Å². The van der Waals surface area contributed by atoms with Crippen LogP contribution in [0.1, 0.15) is 17.2 Å². The fraction of sp³-hybridized carbons (Fsp3) is 0.222. The summed E-state index contributed by atoms with van der Waals surface area (Å²) in [6.07, 6.45) is -0.518. The molecule has 1 unspecified atom stereocenters. The van der Waals surface area contributed by atoms with Gasteiger partial charge in [-0.2, -0.15) is 0 Å². The Morgan fingerprint density at radius 1 is 1.14 bits per heavy atom. The average Bonchev–Trinajstić information content (AvgIpc) is 2.98. The molecule has 0 fully saturated rings. The predicted octanol–water partition coefficient (Wildman–Crippen LogP) is 3.73. The number of hydrogen-bond acceptors (Lipinski definition) is 4. The maximum Gasteiger partial charge on any atom is 0.118 e. The zero-order chi connectivity index (χ0) is 15.4. The van der Waals surface area contributed by atoms with Gasteiger partial charge in [0.1, 0.15) is 5.75 Å². The van der Waals surface area contributed by atoms with E-state index in [0.717, 1.165) is 17.9 Å². The molecule has 0 bridgehead atoms. The van der Waals surface area contributed by atoms with E-state index in [1.165, 1.54) is 15.6 Å². The molecule has 3 aromatic rings. The number of thiophene rings is 1. The van der Waals surface area contributed by atoms with Crippen LogP contribution in [-0.4, -0.2) is 18.8 Å². The Morgan fingerprint density at radius 3 is 2.68 bits per heavy atom. The Labute approximate surface area is 134 Å². The van der Waals surface area contributed by atoms with E-state index in [1.54, 1.807) is 18.4 Å². The van der Waals surface area contributed by atoms with Crippen LogP contribution in [0.3, 0.4) is 0 Å².